The number of esters is 1. The van der Waals surface area contributed by atoms with Crippen LogP contribution in [-0.2, 0) is 19.0 Å². The zero-order chi connectivity index (χ0) is 16.8. The molecule has 5 heteroatoms. The van der Waals surface area contributed by atoms with E-state index in [4.69, 9.17) is 14.2 Å². The van der Waals surface area contributed by atoms with E-state index in [0.717, 1.165) is 12.8 Å². The van der Waals surface area contributed by atoms with Gasteiger partial charge < -0.3 is 19.3 Å². The Morgan fingerprint density at radius 1 is 1.36 bits per heavy atom. The number of ether oxygens (including phenoxy) is 3. The second-order valence-electron chi connectivity index (χ2n) is 6.10. The van der Waals surface area contributed by atoms with E-state index < -0.39 is 24.0 Å². The molecule has 0 aliphatic carbocycles. The van der Waals surface area contributed by atoms with Gasteiger partial charge in [0, 0.05) is 0 Å². The Balaban J connectivity index is 2.51. The van der Waals surface area contributed by atoms with Gasteiger partial charge in [-0.25, -0.2) is 0 Å². The summed E-state index contributed by atoms with van der Waals surface area (Å²) < 4.78 is 16.7. The monoisotopic (exact) mass is 312 g/mol. The fourth-order valence-electron chi connectivity index (χ4n) is 2.51. The van der Waals surface area contributed by atoms with Gasteiger partial charge in [0.1, 0.15) is 6.10 Å². The van der Waals surface area contributed by atoms with Gasteiger partial charge in [-0.05, 0) is 40.0 Å². The van der Waals surface area contributed by atoms with Crippen LogP contribution >= 0.6 is 0 Å². The molecule has 0 bridgehead atoms. The van der Waals surface area contributed by atoms with Crippen molar-refractivity contribution >= 4 is 5.97 Å². The largest absolute Gasteiger partial charge is 0.463 e. The molecule has 1 rings (SSSR count). The highest BCUT2D eigenvalue weighted by molar-refractivity contribution is 5.70. The Kier molecular flexibility index (Phi) is 7.26. The van der Waals surface area contributed by atoms with Gasteiger partial charge in [-0.1, -0.05) is 12.2 Å². The van der Waals surface area contributed by atoms with Crippen molar-refractivity contribution in [3.63, 3.8) is 0 Å². The lowest BCUT2D eigenvalue weighted by Crippen LogP contribution is -2.37. The summed E-state index contributed by atoms with van der Waals surface area (Å²) in [7, 11) is 0. The molecule has 1 aliphatic rings. The summed E-state index contributed by atoms with van der Waals surface area (Å²) in [4.78, 5) is 11.9. The zero-order valence-electron chi connectivity index (χ0n) is 13.8. The number of carbonyl (C=O) groups is 1. The molecule has 0 aromatic heterocycles. The van der Waals surface area contributed by atoms with Crippen LogP contribution in [0, 0.1) is 0 Å². The molecule has 0 radical (unpaired) electrons. The highest BCUT2D eigenvalue weighted by atomic mass is 16.8. The van der Waals surface area contributed by atoms with E-state index in [9.17, 15) is 9.90 Å². The number of aliphatic hydroxyl groups excluding tert-OH is 1. The SMILES string of the molecule is C=CCC[C@@H](C)OC(=O)CC(O)[C@H]1OC(C)(C)O[C@H]1CC=C. The summed E-state index contributed by atoms with van der Waals surface area (Å²) in [6, 6.07) is 0. The Bertz CT molecular complexity index is 391. The molecule has 126 valence electrons. The minimum atomic E-state index is -0.967. The van der Waals surface area contributed by atoms with Gasteiger partial charge in [0.25, 0.3) is 0 Å². The first-order valence-corrected chi connectivity index (χ1v) is 7.74. The molecule has 0 aromatic rings. The van der Waals surface area contributed by atoms with Crippen LogP contribution in [0.15, 0.2) is 25.3 Å². The second kappa shape index (κ2) is 8.46. The first-order chi connectivity index (χ1) is 10.3. The van der Waals surface area contributed by atoms with Crippen LogP contribution in [0.2, 0.25) is 0 Å². The molecule has 0 aromatic carbocycles. The van der Waals surface area contributed by atoms with Crippen LogP contribution in [-0.4, -0.2) is 41.3 Å². The predicted octanol–water partition coefficient (Wildman–Crippen LogP) is 2.73. The molecule has 22 heavy (non-hydrogen) atoms. The van der Waals surface area contributed by atoms with E-state index in [1.807, 2.05) is 6.92 Å². The van der Waals surface area contributed by atoms with Crippen LogP contribution in [0.4, 0.5) is 0 Å². The topological polar surface area (TPSA) is 65.0 Å². The molecule has 1 aliphatic heterocycles. The van der Waals surface area contributed by atoms with Crippen LogP contribution in [0.5, 0.6) is 0 Å². The van der Waals surface area contributed by atoms with Crippen molar-refractivity contribution in [3.05, 3.63) is 25.3 Å². The van der Waals surface area contributed by atoms with Crippen molar-refractivity contribution in [3.8, 4) is 0 Å². The van der Waals surface area contributed by atoms with Gasteiger partial charge in [-0.2, -0.15) is 0 Å². The average molecular weight is 312 g/mol. The van der Waals surface area contributed by atoms with Crippen LogP contribution in [0.1, 0.15) is 46.5 Å². The molecule has 5 nitrogen and oxygen atoms in total. The summed E-state index contributed by atoms with van der Waals surface area (Å²) in [5.41, 5.74) is 0. The molecular formula is C17H28O5. The maximum atomic E-state index is 11.9. The minimum Gasteiger partial charge on any atom is -0.463 e. The van der Waals surface area contributed by atoms with E-state index in [0.29, 0.717) is 6.42 Å². The Morgan fingerprint density at radius 3 is 2.64 bits per heavy atom. The van der Waals surface area contributed by atoms with Crippen molar-refractivity contribution in [2.24, 2.45) is 0 Å². The Hall–Kier alpha value is -1.17. The normalized spacial score (nSPS) is 26.2. The number of hydrogen-bond acceptors (Lipinski definition) is 5. The third-order valence-corrected chi connectivity index (χ3v) is 3.49. The van der Waals surface area contributed by atoms with Crippen molar-refractivity contribution in [1.82, 2.24) is 0 Å². The molecule has 1 N–H and O–H groups in total. The molecule has 0 spiro atoms. The number of aliphatic hydroxyl groups is 1. The van der Waals surface area contributed by atoms with E-state index in [1.54, 1.807) is 26.0 Å². The third-order valence-electron chi connectivity index (χ3n) is 3.49. The van der Waals surface area contributed by atoms with Crippen LogP contribution in [0.3, 0.4) is 0 Å². The van der Waals surface area contributed by atoms with E-state index >= 15 is 0 Å². The Morgan fingerprint density at radius 2 is 2.05 bits per heavy atom. The van der Waals surface area contributed by atoms with Gasteiger partial charge in [-0.15, -0.1) is 13.2 Å². The van der Waals surface area contributed by atoms with Crippen LogP contribution in [0.25, 0.3) is 0 Å². The van der Waals surface area contributed by atoms with E-state index in [2.05, 4.69) is 13.2 Å². The minimum absolute atomic E-state index is 0.115. The van der Waals surface area contributed by atoms with Gasteiger partial charge >= 0.3 is 5.97 Å². The summed E-state index contributed by atoms with van der Waals surface area (Å²) in [6.45, 7) is 12.7. The average Bonchev–Trinajstić information content (AvgIpc) is 2.71. The Labute approximate surface area is 132 Å². The lowest BCUT2D eigenvalue weighted by molar-refractivity contribution is -0.163. The lowest BCUT2D eigenvalue weighted by Gasteiger charge is -2.22. The van der Waals surface area contributed by atoms with Crippen molar-refractivity contribution in [2.75, 3.05) is 0 Å². The van der Waals surface area contributed by atoms with Gasteiger partial charge in [0.05, 0.1) is 24.7 Å². The zero-order valence-corrected chi connectivity index (χ0v) is 13.8. The van der Waals surface area contributed by atoms with Gasteiger partial charge in [-0.3, -0.25) is 4.79 Å². The number of hydrogen-bond donors (Lipinski definition) is 1. The molecule has 1 fully saturated rings. The third kappa shape index (κ3) is 5.91. The second-order valence-corrected chi connectivity index (χ2v) is 6.10. The summed E-state index contributed by atoms with van der Waals surface area (Å²) in [5.74, 6) is -1.21. The van der Waals surface area contributed by atoms with Crippen molar-refractivity contribution in [2.45, 2.75) is 76.7 Å². The number of allylic oxidation sites excluding steroid dienone is 1. The lowest BCUT2D eigenvalue weighted by atomic mass is 10.0. The quantitative estimate of drug-likeness (QED) is 0.524. The number of carbonyl (C=O) groups excluding carboxylic acids is 1. The van der Waals surface area contributed by atoms with Crippen molar-refractivity contribution in [1.29, 1.82) is 0 Å². The summed E-state index contributed by atoms with van der Waals surface area (Å²) in [6.07, 6.45) is 3.40. The maximum Gasteiger partial charge on any atom is 0.308 e. The molecule has 4 atom stereocenters. The van der Waals surface area contributed by atoms with Crippen molar-refractivity contribution < 1.29 is 24.1 Å². The fraction of sp³-hybridized carbons (Fsp3) is 0.706. The molecular weight excluding hydrogens is 284 g/mol. The smallest absolute Gasteiger partial charge is 0.308 e. The molecule has 1 heterocycles. The molecule has 1 saturated heterocycles. The fourth-order valence-corrected chi connectivity index (χ4v) is 2.51. The maximum absolute atomic E-state index is 11.9. The standard InChI is InChI=1S/C17H28O5/c1-6-8-10-12(3)20-15(19)11-13(18)16-14(9-7-2)21-17(4,5)22-16/h6-7,12-14,16,18H,1-2,8-11H2,3-5H3/t12-,13?,14+,16-/m1/s1. The predicted molar refractivity (Wildman–Crippen MR) is 84.2 cm³/mol. The molecule has 1 unspecified atom stereocenters. The van der Waals surface area contributed by atoms with E-state index in [1.165, 1.54) is 0 Å². The molecule has 0 saturated carbocycles. The summed E-state index contributed by atoms with van der Waals surface area (Å²) >= 11 is 0. The van der Waals surface area contributed by atoms with E-state index in [-0.39, 0.29) is 18.6 Å². The highest BCUT2D eigenvalue weighted by Gasteiger charge is 2.44. The van der Waals surface area contributed by atoms with Gasteiger partial charge in [0.2, 0.25) is 0 Å². The molecule has 0 amide bonds. The summed E-state index contributed by atoms with van der Waals surface area (Å²) in [5, 5.41) is 10.3. The van der Waals surface area contributed by atoms with Crippen LogP contribution < -0.4 is 0 Å². The number of rotatable bonds is 9. The highest BCUT2D eigenvalue weighted by Crippen LogP contribution is 2.32. The van der Waals surface area contributed by atoms with Gasteiger partial charge in [0.15, 0.2) is 5.79 Å². The first-order valence-electron chi connectivity index (χ1n) is 7.74. The first kappa shape index (κ1) is 18.9.